The molecule has 114 valence electrons. The first kappa shape index (κ1) is 18.7. The fourth-order valence-electron chi connectivity index (χ4n) is 1.62. The van der Waals surface area contributed by atoms with Crippen molar-refractivity contribution in [2.45, 2.75) is 20.0 Å². The Labute approximate surface area is 122 Å². The van der Waals surface area contributed by atoms with Gasteiger partial charge in [0.2, 0.25) is 5.91 Å². The molecule has 0 heterocycles. The number of hydrogen-bond donors (Lipinski definition) is 1. The molecule has 3 nitrogen and oxygen atoms in total. The van der Waals surface area contributed by atoms with Crippen molar-refractivity contribution in [3.05, 3.63) is 29.8 Å². The van der Waals surface area contributed by atoms with E-state index < -0.39 is 11.7 Å². The molecule has 20 heavy (non-hydrogen) atoms. The molecule has 0 aromatic heterocycles. The number of anilines is 1. The Morgan fingerprint density at radius 3 is 2.35 bits per heavy atom. The lowest BCUT2D eigenvalue weighted by Crippen LogP contribution is -2.32. The SMILES string of the molecule is CCN(CC)CC(=O)Nc1cccc(C(F)(F)F)c1.Cl. The third-order valence-corrected chi connectivity index (χ3v) is 2.74. The summed E-state index contributed by atoms with van der Waals surface area (Å²) < 4.78 is 37.5. The Hall–Kier alpha value is -1.27. The molecule has 0 bridgehead atoms. The predicted octanol–water partition coefficient (Wildman–Crippen LogP) is 3.41. The van der Waals surface area contributed by atoms with Gasteiger partial charge in [-0.2, -0.15) is 13.2 Å². The molecule has 1 amide bonds. The van der Waals surface area contributed by atoms with Crippen LogP contribution in [0.3, 0.4) is 0 Å². The van der Waals surface area contributed by atoms with E-state index in [0.717, 1.165) is 12.1 Å². The Bertz CT molecular complexity index is 434. The van der Waals surface area contributed by atoms with Crippen LogP contribution in [0, 0.1) is 0 Å². The maximum absolute atomic E-state index is 12.5. The Kier molecular flexibility index (Phi) is 7.60. The van der Waals surface area contributed by atoms with Gasteiger partial charge in [0.25, 0.3) is 0 Å². The zero-order chi connectivity index (χ0) is 14.5. The second kappa shape index (κ2) is 8.11. The number of amides is 1. The van der Waals surface area contributed by atoms with Gasteiger partial charge < -0.3 is 5.32 Å². The zero-order valence-electron chi connectivity index (χ0n) is 11.3. The molecule has 0 atom stereocenters. The third-order valence-electron chi connectivity index (χ3n) is 2.74. The minimum Gasteiger partial charge on any atom is -0.325 e. The standard InChI is InChI=1S/C13H17F3N2O.ClH/c1-3-18(4-2)9-12(19)17-11-7-5-6-10(8-11)13(14,15)16;/h5-8H,3-4,9H2,1-2H3,(H,17,19);1H. The van der Waals surface area contributed by atoms with Crippen LogP contribution in [-0.4, -0.2) is 30.4 Å². The van der Waals surface area contributed by atoms with Crippen molar-refractivity contribution in [2.75, 3.05) is 25.0 Å². The smallest absolute Gasteiger partial charge is 0.325 e. The van der Waals surface area contributed by atoms with Crippen molar-refractivity contribution < 1.29 is 18.0 Å². The highest BCUT2D eigenvalue weighted by atomic mass is 35.5. The van der Waals surface area contributed by atoms with Crippen LogP contribution < -0.4 is 5.32 Å². The molecule has 1 aromatic rings. The molecule has 0 saturated heterocycles. The van der Waals surface area contributed by atoms with Crippen LogP contribution >= 0.6 is 12.4 Å². The number of rotatable bonds is 5. The summed E-state index contributed by atoms with van der Waals surface area (Å²) in [5, 5.41) is 2.47. The average Bonchev–Trinajstić information content (AvgIpc) is 2.35. The van der Waals surface area contributed by atoms with Gasteiger partial charge in [0.1, 0.15) is 0 Å². The monoisotopic (exact) mass is 310 g/mol. The molecule has 0 aliphatic carbocycles. The average molecular weight is 311 g/mol. The van der Waals surface area contributed by atoms with Crippen molar-refractivity contribution >= 4 is 24.0 Å². The van der Waals surface area contributed by atoms with Gasteiger partial charge in [0, 0.05) is 5.69 Å². The minimum absolute atomic E-state index is 0. The fraction of sp³-hybridized carbons (Fsp3) is 0.462. The molecule has 0 aliphatic heterocycles. The summed E-state index contributed by atoms with van der Waals surface area (Å²) in [6.07, 6.45) is -4.40. The summed E-state index contributed by atoms with van der Waals surface area (Å²) in [6.45, 7) is 5.43. The zero-order valence-corrected chi connectivity index (χ0v) is 12.1. The second-order valence-electron chi connectivity index (χ2n) is 4.09. The molecule has 0 unspecified atom stereocenters. The lowest BCUT2D eigenvalue weighted by atomic mass is 10.2. The number of carbonyl (C=O) groups is 1. The number of hydrogen-bond acceptors (Lipinski definition) is 2. The molecule has 0 aliphatic rings. The molecule has 0 saturated carbocycles. The van der Waals surface area contributed by atoms with Crippen LogP contribution in [0.1, 0.15) is 19.4 Å². The number of carbonyl (C=O) groups excluding carboxylic acids is 1. The maximum atomic E-state index is 12.5. The van der Waals surface area contributed by atoms with Crippen LogP contribution in [0.2, 0.25) is 0 Å². The summed E-state index contributed by atoms with van der Waals surface area (Å²) in [5.74, 6) is -0.317. The van der Waals surface area contributed by atoms with Crippen molar-refractivity contribution in [1.82, 2.24) is 4.90 Å². The number of nitrogens with zero attached hydrogens (tertiary/aromatic N) is 1. The van der Waals surface area contributed by atoms with Gasteiger partial charge in [-0.05, 0) is 31.3 Å². The van der Waals surface area contributed by atoms with E-state index in [0.29, 0.717) is 13.1 Å². The summed E-state index contributed by atoms with van der Waals surface area (Å²) in [7, 11) is 0. The van der Waals surface area contributed by atoms with Crippen molar-refractivity contribution in [1.29, 1.82) is 0 Å². The van der Waals surface area contributed by atoms with Gasteiger partial charge >= 0.3 is 6.18 Å². The van der Waals surface area contributed by atoms with Gasteiger partial charge in [0.15, 0.2) is 0 Å². The lowest BCUT2D eigenvalue weighted by Gasteiger charge is -2.17. The highest BCUT2D eigenvalue weighted by Gasteiger charge is 2.30. The Morgan fingerprint density at radius 2 is 1.85 bits per heavy atom. The van der Waals surface area contributed by atoms with E-state index in [1.54, 1.807) is 0 Å². The summed E-state index contributed by atoms with van der Waals surface area (Å²) in [5.41, 5.74) is -0.611. The first-order valence-electron chi connectivity index (χ1n) is 6.06. The Morgan fingerprint density at radius 1 is 1.25 bits per heavy atom. The highest BCUT2D eigenvalue weighted by molar-refractivity contribution is 5.92. The fourth-order valence-corrected chi connectivity index (χ4v) is 1.62. The first-order valence-corrected chi connectivity index (χ1v) is 6.06. The second-order valence-corrected chi connectivity index (χ2v) is 4.09. The van der Waals surface area contributed by atoms with E-state index in [9.17, 15) is 18.0 Å². The van der Waals surface area contributed by atoms with Crippen LogP contribution in [0.15, 0.2) is 24.3 Å². The van der Waals surface area contributed by atoms with Crippen molar-refractivity contribution in [3.8, 4) is 0 Å². The molecular formula is C13H18ClF3N2O. The molecular weight excluding hydrogens is 293 g/mol. The topological polar surface area (TPSA) is 32.3 Å². The quantitative estimate of drug-likeness (QED) is 0.904. The highest BCUT2D eigenvalue weighted by Crippen LogP contribution is 2.30. The van der Waals surface area contributed by atoms with Crippen LogP contribution in [0.4, 0.5) is 18.9 Å². The lowest BCUT2D eigenvalue weighted by molar-refractivity contribution is -0.137. The molecule has 0 spiro atoms. The largest absolute Gasteiger partial charge is 0.416 e. The van der Waals surface area contributed by atoms with E-state index in [2.05, 4.69) is 5.32 Å². The van der Waals surface area contributed by atoms with Crippen molar-refractivity contribution in [2.24, 2.45) is 0 Å². The number of halogens is 4. The maximum Gasteiger partial charge on any atom is 0.416 e. The number of alkyl halides is 3. The van der Waals surface area contributed by atoms with Crippen LogP contribution in [0.25, 0.3) is 0 Å². The van der Waals surface area contributed by atoms with E-state index in [4.69, 9.17) is 0 Å². The van der Waals surface area contributed by atoms with E-state index in [-0.39, 0.29) is 30.5 Å². The Balaban J connectivity index is 0.00000361. The van der Waals surface area contributed by atoms with Gasteiger partial charge in [0.05, 0.1) is 12.1 Å². The predicted molar refractivity (Wildman–Crippen MR) is 75.1 cm³/mol. The first-order chi connectivity index (χ1) is 8.86. The van der Waals surface area contributed by atoms with Gasteiger partial charge in [-0.3, -0.25) is 9.69 Å². The molecule has 1 aromatic carbocycles. The number of likely N-dealkylation sites (N-methyl/N-ethyl adjacent to an activating group) is 1. The van der Waals surface area contributed by atoms with E-state index >= 15 is 0 Å². The van der Waals surface area contributed by atoms with Crippen LogP contribution in [-0.2, 0) is 11.0 Å². The summed E-state index contributed by atoms with van der Waals surface area (Å²) >= 11 is 0. The summed E-state index contributed by atoms with van der Waals surface area (Å²) in [4.78, 5) is 13.5. The number of benzene rings is 1. The normalized spacial score (nSPS) is 11.1. The van der Waals surface area contributed by atoms with E-state index in [1.165, 1.54) is 12.1 Å². The summed E-state index contributed by atoms with van der Waals surface area (Å²) in [6, 6.07) is 4.62. The van der Waals surface area contributed by atoms with Gasteiger partial charge in [-0.25, -0.2) is 0 Å². The molecule has 1 N–H and O–H groups in total. The minimum atomic E-state index is -4.40. The van der Waals surface area contributed by atoms with Gasteiger partial charge in [-0.1, -0.05) is 19.9 Å². The number of nitrogens with one attached hydrogen (secondary N) is 1. The molecule has 1 rings (SSSR count). The van der Waals surface area contributed by atoms with Crippen molar-refractivity contribution in [3.63, 3.8) is 0 Å². The molecule has 7 heteroatoms. The molecule has 0 radical (unpaired) electrons. The van der Waals surface area contributed by atoms with Gasteiger partial charge in [-0.15, -0.1) is 12.4 Å². The van der Waals surface area contributed by atoms with Crippen LogP contribution in [0.5, 0.6) is 0 Å². The third kappa shape index (κ3) is 5.79. The van der Waals surface area contributed by atoms with E-state index in [1.807, 2.05) is 18.7 Å². The molecule has 0 fully saturated rings.